The van der Waals surface area contributed by atoms with Gasteiger partial charge in [0.1, 0.15) is 0 Å². The smallest absolute Gasteiger partial charge is 0.234 e. The van der Waals surface area contributed by atoms with Gasteiger partial charge in [-0.15, -0.1) is 0 Å². The van der Waals surface area contributed by atoms with Crippen molar-refractivity contribution in [3.63, 3.8) is 0 Å². The van der Waals surface area contributed by atoms with Crippen LogP contribution in [0.4, 0.5) is 0 Å². The molecule has 1 heterocycles. The number of nitrogens with one attached hydrogen (secondary N) is 1. The Balaban J connectivity index is 1.63. The minimum atomic E-state index is -0.253. The zero-order valence-electron chi connectivity index (χ0n) is 15.9. The molecule has 5 nitrogen and oxygen atoms in total. The van der Waals surface area contributed by atoms with Crippen LogP contribution in [0.3, 0.4) is 0 Å². The van der Waals surface area contributed by atoms with E-state index in [0.29, 0.717) is 19.0 Å². The standard InChI is InChI=1S/C20H33N3O2/c1-16-4-6-18(7-5-16)12-21-20(25)15-22(3)14-19-8-10-23(11-9-19)13-17(2)24/h4-7,17,19,24H,8-15H2,1-3H3,(H,21,25)/t17-/m0/s1. The van der Waals surface area contributed by atoms with Crippen LogP contribution in [0.2, 0.25) is 0 Å². The second-order valence-electron chi connectivity index (χ2n) is 7.55. The van der Waals surface area contributed by atoms with Crippen LogP contribution in [-0.4, -0.2) is 66.7 Å². The van der Waals surface area contributed by atoms with Crippen molar-refractivity contribution in [2.45, 2.75) is 39.3 Å². The molecule has 1 aliphatic rings. The van der Waals surface area contributed by atoms with Crippen LogP contribution in [0, 0.1) is 12.8 Å². The first-order chi connectivity index (χ1) is 11.9. The highest BCUT2D eigenvalue weighted by Crippen LogP contribution is 2.18. The van der Waals surface area contributed by atoms with Gasteiger partial charge < -0.3 is 15.3 Å². The van der Waals surface area contributed by atoms with E-state index in [-0.39, 0.29) is 12.0 Å². The van der Waals surface area contributed by atoms with Crippen molar-refractivity contribution >= 4 is 5.91 Å². The molecule has 140 valence electrons. The van der Waals surface area contributed by atoms with E-state index in [1.54, 1.807) is 0 Å². The SMILES string of the molecule is Cc1ccc(CNC(=O)CN(C)CC2CCN(C[C@H](C)O)CC2)cc1. The highest BCUT2D eigenvalue weighted by atomic mass is 16.3. The lowest BCUT2D eigenvalue weighted by molar-refractivity contribution is -0.122. The molecular weight excluding hydrogens is 314 g/mol. The molecule has 1 aromatic rings. The molecule has 2 rings (SSSR count). The number of hydrogen-bond acceptors (Lipinski definition) is 4. The van der Waals surface area contributed by atoms with Crippen LogP contribution in [0.5, 0.6) is 0 Å². The van der Waals surface area contributed by atoms with Crippen molar-refractivity contribution in [1.82, 2.24) is 15.1 Å². The maximum Gasteiger partial charge on any atom is 0.234 e. The van der Waals surface area contributed by atoms with Crippen molar-refractivity contribution in [2.24, 2.45) is 5.92 Å². The maximum atomic E-state index is 12.1. The Morgan fingerprint density at radius 1 is 1.32 bits per heavy atom. The molecule has 0 radical (unpaired) electrons. The first-order valence-electron chi connectivity index (χ1n) is 9.33. The van der Waals surface area contributed by atoms with Gasteiger partial charge in [-0.3, -0.25) is 9.69 Å². The number of carbonyl (C=O) groups is 1. The molecule has 0 aliphatic carbocycles. The molecular formula is C20H33N3O2. The Labute approximate surface area is 152 Å². The number of hydrogen-bond donors (Lipinski definition) is 2. The van der Waals surface area contributed by atoms with Gasteiger partial charge in [0, 0.05) is 19.6 Å². The Bertz CT molecular complexity index is 522. The van der Waals surface area contributed by atoms with E-state index in [9.17, 15) is 9.90 Å². The number of rotatable bonds is 8. The quantitative estimate of drug-likeness (QED) is 0.751. The molecule has 0 aromatic heterocycles. The zero-order valence-corrected chi connectivity index (χ0v) is 15.9. The van der Waals surface area contributed by atoms with E-state index in [2.05, 4.69) is 46.3 Å². The molecule has 1 amide bonds. The number of piperidine rings is 1. The van der Waals surface area contributed by atoms with E-state index in [0.717, 1.165) is 44.6 Å². The number of amides is 1. The predicted molar refractivity (Wildman–Crippen MR) is 101 cm³/mol. The monoisotopic (exact) mass is 347 g/mol. The maximum absolute atomic E-state index is 12.1. The lowest BCUT2D eigenvalue weighted by Crippen LogP contribution is -2.42. The van der Waals surface area contributed by atoms with Crippen LogP contribution in [0.25, 0.3) is 0 Å². The van der Waals surface area contributed by atoms with Crippen molar-refractivity contribution in [1.29, 1.82) is 0 Å². The van der Waals surface area contributed by atoms with E-state index in [1.807, 2.05) is 14.0 Å². The number of nitrogens with zero attached hydrogens (tertiary/aromatic N) is 2. The molecule has 1 atom stereocenters. The van der Waals surface area contributed by atoms with Gasteiger partial charge in [0.25, 0.3) is 0 Å². The molecule has 0 bridgehead atoms. The predicted octanol–water partition coefficient (Wildman–Crippen LogP) is 1.64. The summed E-state index contributed by atoms with van der Waals surface area (Å²) in [6.45, 7) is 8.75. The van der Waals surface area contributed by atoms with Gasteiger partial charge in [-0.2, -0.15) is 0 Å². The van der Waals surface area contributed by atoms with E-state index >= 15 is 0 Å². The molecule has 0 spiro atoms. The summed E-state index contributed by atoms with van der Waals surface area (Å²) < 4.78 is 0. The average Bonchev–Trinajstić information content (AvgIpc) is 2.55. The lowest BCUT2D eigenvalue weighted by Gasteiger charge is -2.34. The van der Waals surface area contributed by atoms with Crippen molar-refractivity contribution in [3.8, 4) is 0 Å². The molecule has 2 N–H and O–H groups in total. The van der Waals surface area contributed by atoms with E-state index in [4.69, 9.17) is 0 Å². The number of likely N-dealkylation sites (N-methyl/N-ethyl adjacent to an activating group) is 1. The zero-order chi connectivity index (χ0) is 18.2. The molecule has 1 fully saturated rings. The van der Waals surface area contributed by atoms with Gasteiger partial charge in [-0.1, -0.05) is 29.8 Å². The fourth-order valence-corrected chi connectivity index (χ4v) is 3.44. The lowest BCUT2D eigenvalue weighted by atomic mass is 9.96. The number of aryl methyl sites for hydroxylation is 1. The largest absolute Gasteiger partial charge is 0.392 e. The van der Waals surface area contributed by atoms with Crippen molar-refractivity contribution in [3.05, 3.63) is 35.4 Å². The van der Waals surface area contributed by atoms with Crippen LogP contribution >= 0.6 is 0 Å². The van der Waals surface area contributed by atoms with E-state index < -0.39 is 0 Å². The molecule has 1 aliphatic heterocycles. The summed E-state index contributed by atoms with van der Waals surface area (Å²) in [6, 6.07) is 8.25. The molecule has 5 heteroatoms. The minimum Gasteiger partial charge on any atom is -0.392 e. The summed E-state index contributed by atoms with van der Waals surface area (Å²) in [5.74, 6) is 0.717. The normalized spacial score (nSPS) is 17.6. The molecule has 1 aromatic carbocycles. The van der Waals surface area contributed by atoms with Crippen LogP contribution < -0.4 is 5.32 Å². The highest BCUT2D eigenvalue weighted by Gasteiger charge is 2.21. The van der Waals surface area contributed by atoms with Gasteiger partial charge in [0.05, 0.1) is 12.6 Å². The summed E-state index contributed by atoms with van der Waals surface area (Å²) in [4.78, 5) is 16.6. The van der Waals surface area contributed by atoms with Gasteiger partial charge in [-0.05, 0) is 58.3 Å². The number of β-amino-alcohol motifs (C(OH)–C–C–N with tert-alkyl or cyclic N) is 1. The third-order valence-electron chi connectivity index (χ3n) is 4.82. The van der Waals surface area contributed by atoms with Crippen molar-refractivity contribution in [2.75, 3.05) is 39.8 Å². The molecule has 0 unspecified atom stereocenters. The third-order valence-corrected chi connectivity index (χ3v) is 4.82. The average molecular weight is 348 g/mol. The number of aliphatic hydroxyl groups excluding tert-OH is 1. The number of likely N-dealkylation sites (tertiary alicyclic amines) is 1. The summed E-state index contributed by atoms with van der Waals surface area (Å²) >= 11 is 0. The van der Waals surface area contributed by atoms with Gasteiger partial charge in [-0.25, -0.2) is 0 Å². The fourth-order valence-electron chi connectivity index (χ4n) is 3.44. The second-order valence-corrected chi connectivity index (χ2v) is 7.55. The first kappa shape index (κ1) is 19.9. The topological polar surface area (TPSA) is 55.8 Å². The molecule has 25 heavy (non-hydrogen) atoms. The Hall–Kier alpha value is -1.43. The highest BCUT2D eigenvalue weighted by molar-refractivity contribution is 5.77. The van der Waals surface area contributed by atoms with Crippen LogP contribution in [0.15, 0.2) is 24.3 Å². The summed E-state index contributed by atoms with van der Waals surface area (Å²) in [5, 5.41) is 12.5. The van der Waals surface area contributed by atoms with Gasteiger partial charge >= 0.3 is 0 Å². The molecule has 1 saturated heterocycles. The Morgan fingerprint density at radius 2 is 1.96 bits per heavy atom. The van der Waals surface area contributed by atoms with E-state index in [1.165, 1.54) is 5.56 Å². The number of benzene rings is 1. The Morgan fingerprint density at radius 3 is 2.56 bits per heavy atom. The first-order valence-corrected chi connectivity index (χ1v) is 9.33. The number of aliphatic hydroxyl groups is 1. The van der Waals surface area contributed by atoms with Crippen molar-refractivity contribution < 1.29 is 9.90 Å². The summed E-state index contributed by atoms with van der Waals surface area (Å²) in [7, 11) is 2.02. The third kappa shape index (κ3) is 7.55. The summed E-state index contributed by atoms with van der Waals surface area (Å²) in [6.07, 6.45) is 2.03. The second kappa shape index (κ2) is 9.90. The molecule has 0 saturated carbocycles. The minimum absolute atomic E-state index is 0.0783. The van der Waals surface area contributed by atoms with Crippen LogP contribution in [-0.2, 0) is 11.3 Å². The Kier molecular flexibility index (Phi) is 7.88. The number of carbonyl (C=O) groups excluding carboxylic acids is 1. The summed E-state index contributed by atoms with van der Waals surface area (Å²) in [5.41, 5.74) is 2.36. The van der Waals surface area contributed by atoms with Crippen LogP contribution in [0.1, 0.15) is 30.9 Å². The van der Waals surface area contributed by atoms with Gasteiger partial charge in [0.15, 0.2) is 0 Å². The van der Waals surface area contributed by atoms with Gasteiger partial charge in [0.2, 0.25) is 5.91 Å². The fraction of sp³-hybridized carbons (Fsp3) is 0.650.